The summed E-state index contributed by atoms with van der Waals surface area (Å²) in [6.07, 6.45) is 5.52. The summed E-state index contributed by atoms with van der Waals surface area (Å²) in [7, 11) is 0. The van der Waals surface area contributed by atoms with Crippen LogP contribution in [-0.4, -0.2) is 10.9 Å². The molecule has 0 aliphatic rings. The highest BCUT2D eigenvalue weighted by Crippen LogP contribution is 2.35. The Labute approximate surface area is 153 Å². The number of aromatic nitrogens is 1. The van der Waals surface area contributed by atoms with Crippen molar-refractivity contribution in [3.63, 3.8) is 0 Å². The molecule has 2 aromatic rings. The Morgan fingerprint density at radius 1 is 1.17 bits per heavy atom. The molecule has 24 heavy (non-hydrogen) atoms. The molecule has 1 aromatic carbocycles. The number of benzene rings is 1. The van der Waals surface area contributed by atoms with E-state index in [0.29, 0.717) is 15.9 Å². The molecule has 0 radical (unpaired) electrons. The molecule has 0 unspecified atom stereocenters. The number of hydrogen-bond donors (Lipinski definition) is 1. The second kappa shape index (κ2) is 8.50. The highest BCUT2D eigenvalue weighted by Gasteiger charge is 2.35. The molecule has 1 heterocycles. The van der Waals surface area contributed by atoms with Crippen molar-refractivity contribution in [3.05, 3.63) is 58.2 Å². The van der Waals surface area contributed by atoms with Gasteiger partial charge in [-0.2, -0.15) is 0 Å². The number of hydrogen-bond acceptors (Lipinski definition) is 2. The molecule has 0 aliphatic carbocycles. The van der Waals surface area contributed by atoms with Crippen molar-refractivity contribution in [1.82, 2.24) is 4.98 Å². The average molecular weight is 365 g/mol. The molecular weight excluding hydrogens is 343 g/mol. The fourth-order valence-corrected chi connectivity index (χ4v) is 2.95. The molecule has 1 N–H and O–H groups in total. The second-order valence-corrected chi connectivity index (χ2v) is 6.90. The Bertz CT molecular complexity index is 691. The van der Waals surface area contributed by atoms with E-state index >= 15 is 0 Å². The Morgan fingerprint density at radius 3 is 2.58 bits per heavy atom. The van der Waals surface area contributed by atoms with Gasteiger partial charge >= 0.3 is 0 Å². The number of rotatable bonds is 7. The van der Waals surface area contributed by atoms with Crippen LogP contribution in [0.4, 0.5) is 5.82 Å². The van der Waals surface area contributed by atoms with Gasteiger partial charge < -0.3 is 5.32 Å². The summed E-state index contributed by atoms with van der Waals surface area (Å²) in [6, 6.07) is 10.8. The van der Waals surface area contributed by atoms with Crippen LogP contribution in [0.3, 0.4) is 0 Å². The zero-order chi connectivity index (χ0) is 17.6. The molecule has 0 fully saturated rings. The molecule has 1 atom stereocenters. The Balaban J connectivity index is 2.31. The van der Waals surface area contributed by atoms with Gasteiger partial charge in [0.2, 0.25) is 5.91 Å². The largest absolute Gasteiger partial charge is 0.310 e. The van der Waals surface area contributed by atoms with Crippen LogP contribution in [-0.2, 0) is 10.2 Å². The number of halogens is 2. The maximum atomic E-state index is 13.0. The molecule has 0 saturated heterocycles. The Hall–Kier alpha value is -1.58. The van der Waals surface area contributed by atoms with Crippen molar-refractivity contribution in [3.8, 4) is 0 Å². The fourth-order valence-electron chi connectivity index (χ4n) is 2.65. The minimum atomic E-state index is -0.694. The van der Waals surface area contributed by atoms with E-state index in [1.54, 1.807) is 24.4 Å². The summed E-state index contributed by atoms with van der Waals surface area (Å²) in [5.74, 6) is 0.458. The molecule has 5 heteroatoms. The van der Waals surface area contributed by atoms with E-state index in [2.05, 4.69) is 17.2 Å². The zero-order valence-electron chi connectivity index (χ0n) is 14.0. The molecule has 2 rings (SSSR count). The number of nitrogens with zero attached hydrogens (tertiary/aromatic N) is 1. The van der Waals surface area contributed by atoms with E-state index in [1.807, 2.05) is 25.1 Å². The quantitative estimate of drug-likeness (QED) is 0.624. The first-order valence-electron chi connectivity index (χ1n) is 8.15. The SMILES string of the molecule is CCCCC[C@@](C)(C(=O)Nc1ccccn1)c1ccc(Cl)c(Cl)c1. The van der Waals surface area contributed by atoms with Gasteiger partial charge in [0.05, 0.1) is 15.5 Å². The summed E-state index contributed by atoms with van der Waals surface area (Å²) in [5.41, 5.74) is 0.169. The van der Waals surface area contributed by atoms with Crippen molar-refractivity contribution in [2.24, 2.45) is 0 Å². The lowest BCUT2D eigenvalue weighted by molar-refractivity contribution is -0.121. The Kier molecular flexibility index (Phi) is 6.64. The fraction of sp³-hybridized carbons (Fsp3) is 0.368. The number of amides is 1. The minimum absolute atomic E-state index is 0.0873. The molecule has 1 amide bonds. The number of carbonyl (C=O) groups is 1. The molecule has 0 saturated carbocycles. The van der Waals surface area contributed by atoms with Crippen molar-refractivity contribution in [2.75, 3.05) is 5.32 Å². The first-order chi connectivity index (χ1) is 11.5. The normalized spacial score (nSPS) is 13.3. The van der Waals surface area contributed by atoms with Crippen LogP contribution in [0, 0.1) is 0 Å². The van der Waals surface area contributed by atoms with Crippen molar-refractivity contribution < 1.29 is 4.79 Å². The summed E-state index contributed by atoms with van der Waals surface area (Å²) >= 11 is 12.2. The summed E-state index contributed by atoms with van der Waals surface area (Å²) in [6.45, 7) is 4.09. The van der Waals surface area contributed by atoms with Gasteiger partial charge in [-0.15, -0.1) is 0 Å². The maximum absolute atomic E-state index is 13.0. The Morgan fingerprint density at radius 2 is 1.96 bits per heavy atom. The van der Waals surface area contributed by atoms with Gasteiger partial charge in [0.25, 0.3) is 0 Å². The molecule has 3 nitrogen and oxygen atoms in total. The highest BCUT2D eigenvalue weighted by atomic mass is 35.5. The van der Waals surface area contributed by atoms with Crippen LogP contribution in [0.5, 0.6) is 0 Å². The third-order valence-electron chi connectivity index (χ3n) is 4.24. The zero-order valence-corrected chi connectivity index (χ0v) is 15.5. The van der Waals surface area contributed by atoms with Gasteiger partial charge in [0.1, 0.15) is 5.82 Å². The van der Waals surface area contributed by atoms with Crippen LogP contribution in [0.1, 0.15) is 45.1 Å². The van der Waals surface area contributed by atoms with Crippen LogP contribution in [0.2, 0.25) is 10.0 Å². The van der Waals surface area contributed by atoms with E-state index in [0.717, 1.165) is 31.2 Å². The van der Waals surface area contributed by atoms with Gasteiger partial charge in [0, 0.05) is 6.20 Å². The van der Waals surface area contributed by atoms with Crippen LogP contribution >= 0.6 is 23.2 Å². The van der Waals surface area contributed by atoms with E-state index in [9.17, 15) is 4.79 Å². The highest BCUT2D eigenvalue weighted by molar-refractivity contribution is 6.42. The number of pyridine rings is 1. The van der Waals surface area contributed by atoms with Crippen LogP contribution in [0.25, 0.3) is 0 Å². The molecule has 0 spiro atoms. The first-order valence-corrected chi connectivity index (χ1v) is 8.91. The lowest BCUT2D eigenvalue weighted by Crippen LogP contribution is -2.38. The summed E-state index contributed by atoms with van der Waals surface area (Å²) in [5, 5.41) is 3.86. The smallest absolute Gasteiger partial charge is 0.235 e. The number of nitrogens with one attached hydrogen (secondary N) is 1. The van der Waals surface area contributed by atoms with Gasteiger partial charge in [-0.1, -0.05) is 61.5 Å². The monoisotopic (exact) mass is 364 g/mol. The predicted octanol–water partition coefficient (Wildman–Crippen LogP) is 5.87. The van der Waals surface area contributed by atoms with E-state index in [1.165, 1.54) is 0 Å². The molecule has 128 valence electrons. The molecule has 0 aliphatic heterocycles. The lowest BCUT2D eigenvalue weighted by atomic mass is 9.77. The number of unbranched alkanes of at least 4 members (excludes halogenated alkanes) is 2. The van der Waals surface area contributed by atoms with Gasteiger partial charge in [-0.3, -0.25) is 4.79 Å². The van der Waals surface area contributed by atoms with Crippen molar-refractivity contribution >= 4 is 34.9 Å². The average Bonchev–Trinajstić information content (AvgIpc) is 2.58. The summed E-state index contributed by atoms with van der Waals surface area (Å²) in [4.78, 5) is 17.2. The summed E-state index contributed by atoms with van der Waals surface area (Å²) < 4.78 is 0. The van der Waals surface area contributed by atoms with E-state index < -0.39 is 5.41 Å². The molecule has 1 aromatic heterocycles. The van der Waals surface area contributed by atoms with E-state index in [-0.39, 0.29) is 5.91 Å². The third kappa shape index (κ3) is 4.49. The second-order valence-electron chi connectivity index (χ2n) is 6.09. The van der Waals surface area contributed by atoms with Gasteiger partial charge in [-0.05, 0) is 43.2 Å². The number of anilines is 1. The van der Waals surface area contributed by atoms with E-state index in [4.69, 9.17) is 23.2 Å². The molecule has 0 bridgehead atoms. The predicted molar refractivity (Wildman–Crippen MR) is 101 cm³/mol. The molecular formula is C19H22Cl2N2O. The standard InChI is InChI=1S/C19H22Cl2N2O/c1-3-4-6-11-19(2,14-9-10-15(20)16(21)13-14)18(24)23-17-8-5-7-12-22-17/h5,7-10,12-13H,3-4,6,11H2,1-2H3,(H,22,23,24)/t19-/m1/s1. The first kappa shape index (κ1) is 18.8. The van der Waals surface area contributed by atoms with Crippen molar-refractivity contribution in [2.45, 2.75) is 44.9 Å². The lowest BCUT2D eigenvalue weighted by Gasteiger charge is -2.29. The van der Waals surface area contributed by atoms with Crippen molar-refractivity contribution in [1.29, 1.82) is 0 Å². The minimum Gasteiger partial charge on any atom is -0.310 e. The number of carbonyl (C=O) groups excluding carboxylic acids is 1. The van der Waals surface area contributed by atoms with Crippen LogP contribution in [0.15, 0.2) is 42.6 Å². The van der Waals surface area contributed by atoms with Gasteiger partial charge in [0.15, 0.2) is 0 Å². The maximum Gasteiger partial charge on any atom is 0.235 e. The topological polar surface area (TPSA) is 42.0 Å². The van der Waals surface area contributed by atoms with Gasteiger partial charge in [-0.25, -0.2) is 4.98 Å². The third-order valence-corrected chi connectivity index (χ3v) is 4.98. The van der Waals surface area contributed by atoms with Crippen LogP contribution < -0.4 is 5.32 Å².